The molecule has 14 heteroatoms. The molecule has 0 unspecified atom stereocenters. The van der Waals surface area contributed by atoms with Gasteiger partial charge in [-0.3, -0.25) is 15.1 Å². The number of pyridine rings is 2. The number of imidazole rings is 1. The quantitative estimate of drug-likeness (QED) is 0.264. The Labute approximate surface area is 238 Å². The van der Waals surface area contributed by atoms with E-state index in [2.05, 4.69) is 35.8 Å². The molecular formula is C27H24ClN9O4. The van der Waals surface area contributed by atoms with Crippen LogP contribution in [0.3, 0.4) is 0 Å². The van der Waals surface area contributed by atoms with Crippen LogP contribution in [0.25, 0.3) is 28.2 Å². The number of aromatic nitrogens is 8. The molecule has 13 nitrogen and oxygen atoms in total. The monoisotopic (exact) mass is 573 g/mol. The van der Waals surface area contributed by atoms with Crippen LogP contribution in [-0.2, 0) is 15.9 Å². The van der Waals surface area contributed by atoms with E-state index in [4.69, 9.17) is 21.1 Å². The molecule has 1 amide bonds. The number of nitrogens with one attached hydrogen (secondary N) is 2. The van der Waals surface area contributed by atoms with Gasteiger partial charge in [0.05, 0.1) is 47.8 Å². The number of rotatable bonds is 8. The first kappa shape index (κ1) is 26.3. The molecule has 1 aliphatic heterocycles. The predicted octanol–water partition coefficient (Wildman–Crippen LogP) is 3.66. The molecule has 0 spiro atoms. The number of ether oxygens (including phenoxy) is 2. The highest BCUT2D eigenvalue weighted by Crippen LogP contribution is 2.34. The van der Waals surface area contributed by atoms with E-state index in [0.717, 1.165) is 16.8 Å². The lowest BCUT2D eigenvalue weighted by atomic mass is 10.0. The molecule has 6 rings (SSSR count). The van der Waals surface area contributed by atoms with Crippen molar-refractivity contribution in [1.29, 1.82) is 0 Å². The van der Waals surface area contributed by atoms with Crippen LogP contribution >= 0.6 is 11.6 Å². The average molecular weight is 574 g/mol. The van der Waals surface area contributed by atoms with Gasteiger partial charge in [0.25, 0.3) is 5.56 Å². The van der Waals surface area contributed by atoms with Gasteiger partial charge in [-0.05, 0) is 65.2 Å². The molecular weight excluding hydrogens is 550 g/mol. The summed E-state index contributed by atoms with van der Waals surface area (Å²) in [7, 11) is 1.53. The molecule has 0 aliphatic carbocycles. The third-order valence-electron chi connectivity index (χ3n) is 6.72. The molecule has 4 aromatic heterocycles. The number of anilines is 1. The highest BCUT2D eigenvalue weighted by molar-refractivity contribution is 6.31. The molecule has 41 heavy (non-hydrogen) atoms. The number of hydrogen-bond acceptors (Lipinski definition) is 9. The Balaban J connectivity index is 1.22. The Morgan fingerprint density at radius 2 is 2.05 bits per heavy atom. The lowest BCUT2D eigenvalue weighted by Gasteiger charge is -2.15. The van der Waals surface area contributed by atoms with Gasteiger partial charge in [0, 0.05) is 29.5 Å². The number of halogens is 1. The third kappa shape index (κ3) is 5.44. The summed E-state index contributed by atoms with van der Waals surface area (Å²) in [5.41, 5.74) is 4.76. The van der Waals surface area contributed by atoms with Crippen LogP contribution in [-0.4, -0.2) is 66.1 Å². The minimum Gasteiger partial charge on any atom is -0.447 e. The highest BCUT2D eigenvalue weighted by Gasteiger charge is 2.28. The summed E-state index contributed by atoms with van der Waals surface area (Å²) in [6.45, 7) is 0.470. The van der Waals surface area contributed by atoms with Gasteiger partial charge in [-0.25, -0.2) is 9.78 Å². The summed E-state index contributed by atoms with van der Waals surface area (Å²) in [5, 5.41) is 14.6. The van der Waals surface area contributed by atoms with Crippen molar-refractivity contribution < 1.29 is 14.3 Å². The Kier molecular flexibility index (Phi) is 7.27. The molecule has 0 saturated heterocycles. The fourth-order valence-corrected chi connectivity index (χ4v) is 5.03. The van der Waals surface area contributed by atoms with Crippen LogP contribution in [0.5, 0.6) is 0 Å². The first-order valence-electron chi connectivity index (χ1n) is 12.7. The summed E-state index contributed by atoms with van der Waals surface area (Å²) in [6.07, 6.45) is 5.53. The van der Waals surface area contributed by atoms with E-state index in [1.165, 1.54) is 24.3 Å². The second-order valence-electron chi connectivity index (χ2n) is 9.28. The van der Waals surface area contributed by atoms with E-state index in [-0.39, 0.29) is 18.2 Å². The largest absolute Gasteiger partial charge is 0.447 e. The zero-order valence-electron chi connectivity index (χ0n) is 21.8. The Bertz CT molecular complexity index is 1750. The molecule has 1 aromatic carbocycles. The van der Waals surface area contributed by atoms with Crippen molar-refractivity contribution in [2.24, 2.45) is 0 Å². The fourth-order valence-electron chi connectivity index (χ4n) is 4.86. The van der Waals surface area contributed by atoms with Crippen molar-refractivity contribution in [3.05, 3.63) is 88.1 Å². The number of fused-ring (bicyclic) bond motifs is 1. The molecule has 1 atom stereocenters. The lowest BCUT2D eigenvalue weighted by molar-refractivity contribution is 0.107. The minimum absolute atomic E-state index is 0.147. The normalized spacial score (nSPS) is 14.1. The van der Waals surface area contributed by atoms with Gasteiger partial charge in [0.15, 0.2) is 0 Å². The number of H-pyrrole nitrogens is 1. The van der Waals surface area contributed by atoms with Crippen molar-refractivity contribution in [2.75, 3.05) is 25.6 Å². The van der Waals surface area contributed by atoms with Crippen molar-refractivity contribution in [3.8, 4) is 28.2 Å². The fraction of sp³-hybridized carbons (Fsp3) is 0.222. The van der Waals surface area contributed by atoms with Crippen LogP contribution in [0, 0.1) is 0 Å². The van der Waals surface area contributed by atoms with E-state index in [9.17, 15) is 9.59 Å². The van der Waals surface area contributed by atoms with Gasteiger partial charge in [-0.2, -0.15) is 4.68 Å². The van der Waals surface area contributed by atoms with Crippen LogP contribution in [0.4, 0.5) is 10.5 Å². The van der Waals surface area contributed by atoms with Crippen LogP contribution in [0.15, 0.2) is 66.0 Å². The predicted molar refractivity (Wildman–Crippen MR) is 149 cm³/mol. The van der Waals surface area contributed by atoms with Gasteiger partial charge in [-0.15, -0.1) is 5.10 Å². The summed E-state index contributed by atoms with van der Waals surface area (Å²) in [5.74, 6) is 0.663. The maximum atomic E-state index is 13.4. The summed E-state index contributed by atoms with van der Waals surface area (Å²) >= 11 is 6.31. The minimum atomic E-state index is -0.587. The zero-order valence-corrected chi connectivity index (χ0v) is 22.6. The molecule has 0 saturated carbocycles. The number of hydrogen-bond donors (Lipinski definition) is 2. The highest BCUT2D eigenvalue weighted by atomic mass is 35.5. The summed E-state index contributed by atoms with van der Waals surface area (Å²) in [4.78, 5) is 37.6. The molecule has 1 aliphatic rings. The Hall–Kier alpha value is -4.88. The topological polar surface area (TPSA) is 155 Å². The summed E-state index contributed by atoms with van der Waals surface area (Å²) < 4.78 is 13.2. The Morgan fingerprint density at radius 3 is 2.83 bits per heavy atom. The van der Waals surface area contributed by atoms with E-state index >= 15 is 0 Å². The van der Waals surface area contributed by atoms with Gasteiger partial charge in [0.1, 0.15) is 18.8 Å². The average Bonchev–Trinajstić information content (AvgIpc) is 3.75. The second kappa shape index (κ2) is 11.3. The van der Waals surface area contributed by atoms with Crippen molar-refractivity contribution in [1.82, 2.24) is 39.7 Å². The Morgan fingerprint density at radius 1 is 1.15 bits per heavy atom. The van der Waals surface area contributed by atoms with E-state index < -0.39 is 6.09 Å². The van der Waals surface area contributed by atoms with Crippen molar-refractivity contribution in [3.63, 3.8) is 0 Å². The van der Waals surface area contributed by atoms with Crippen LogP contribution in [0.2, 0.25) is 5.02 Å². The van der Waals surface area contributed by atoms with Gasteiger partial charge < -0.3 is 19.0 Å². The van der Waals surface area contributed by atoms with Crippen LogP contribution < -0.4 is 10.9 Å². The lowest BCUT2D eigenvalue weighted by Crippen LogP contribution is -2.23. The third-order valence-corrected chi connectivity index (χ3v) is 6.95. The number of methoxy groups -OCH3 is 1. The van der Waals surface area contributed by atoms with Crippen molar-refractivity contribution in [2.45, 2.75) is 18.9 Å². The maximum Gasteiger partial charge on any atom is 0.411 e. The molecule has 0 bridgehead atoms. The van der Waals surface area contributed by atoms with E-state index in [0.29, 0.717) is 53.1 Å². The van der Waals surface area contributed by atoms with Gasteiger partial charge in [-0.1, -0.05) is 11.6 Å². The zero-order chi connectivity index (χ0) is 28.3. The first-order valence-corrected chi connectivity index (χ1v) is 13.1. The van der Waals surface area contributed by atoms with Gasteiger partial charge >= 0.3 is 6.09 Å². The molecule has 2 N–H and O–H groups in total. The molecule has 5 aromatic rings. The number of aryl methyl sites for hydroxylation is 1. The SMILES string of the molecule is COCCOC(=O)Nc1ccc(-c2cnc([C@@H]3CCc4cc(-c5cc(Cl)ccc5-n5cnnn5)cc(=O)n43)[nH]2)nc1. The van der Waals surface area contributed by atoms with E-state index in [1.807, 2.05) is 12.1 Å². The maximum absolute atomic E-state index is 13.4. The molecule has 5 heterocycles. The van der Waals surface area contributed by atoms with E-state index in [1.54, 1.807) is 41.1 Å². The molecule has 208 valence electrons. The smallest absolute Gasteiger partial charge is 0.411 e. The second-order valence-corrected chi connectivity index (χ2v) is 9.72. The number of nitrogens with zero attached hydrogens (tertiary/aromatic N) is 7. The number of carbonyl (C=O) groups is 1. The number of carbonyl (C=O) groups excluding carboxylic acids is 1. The number of benzene rings is 1. The van der Waals surface area contributed by atoms with Crippen LogP contribution in [0.1, 0.15) is 24.0 Å². The first-order chi connectivity index (χ1) is 20.0. The van der Waals surface area contributed by atoms with Gasteiger partial charge in [0.2, 0.25) is 0 Å². The number of aromatic amines is 1. The number of amides is 1. The molecule has 0 radical (unpaired) electrons. The summed E-state index contributed by atoms with van der Waals surface area (Å²) in [6, 6.07) is 12.2. The standard InChI is InChI=1S/C27H24ClN9O4/c1-40-8-9-41-27(39)32-18-3-5-21(29-13-18)22-14-30-26(33-22)24-7-4-19-10-16(11-25(38)37(19)24)20-12-17(28)2-6-23(20)36-15-31-34-35-36/h2-3,5-6,10-15,24H,4,7-9H2,1H3,(H,30,33)(H,32,39)/t24-/m0/s1. The molecule has 0 fully saturated rings. The number of tetrazole rings is 1. The van der Waals surface area contributed by atoms with Crippen molar-refractivity contribution >= 4 is 23.4 Å².